The van der Waals surface area contributed by atoms with Gasteiger partial charge in [-0.15, -0.1) is 0 Å². The van der Waals surface area contributed by atoms with Crippen LogP contribution in [0.4, 0.5) is 5.69 Å². The molecule has 0 amide bonds. The number of ether oxygens (including phenoxy) is 1. The predicted molar refractivity (Wildman–Crippen MR) is 70.7 cm³/mol. The number of nitro groups is 1. The van der Waals surface area contributed by atoms with Gasteiger partial charge in [0, 0.05) is 12.1 Å². The Balaban J connectivity index is 2.27. The van der Waals surface area contributed by atoms with E-state index in [1.54, 1.807) is 0 Å². The molecule has 0 aliphatic carbocycles. The van der Waals surface area contributed by atoms with Gasteiger partial charge in [0.2, 0.25) is 0 Å². The average molecular weight is 319 g/mol. The fraction of sp³-hybridized carbons (Fsp3) is 0. The van der Waals surface area contributed by atoms with Crippen molar-refractivity contribution in [3.8, 4) is 10.9 Å². The number of hydrogen-bond donors (Lipinski definition) is 0. The summed E-state index contributed by atoms with van der Waals surface area (Å²) in [5.41, 5.74) is -0.150. The van der Waals surface area contributed by atoms with E-state index in [0.29, 0.717) is 6.29 Å². The normalized spacial score (nSPS) is 10.2. The Morgan fingerprint density at radius 2 is 2.16 bits per heavy atom. The van der Waals surface area contributed by atoms with Gasteiger partial charge in [0.1, 0.15) is 10.6 Å². The molecule has 1 aromatic carbocycles. The van der Waals surface area contributed by atoms with E-state index in [2.05, 4.69) is 4.98 Å². The molecule has 0 aliphatic rings. The van der Waals surface area contributed by atoms with Crippen LogP contribution in [0.15, 0.2) is 18.2 Å². The van der Waals surface area contributed by atoms with E-state index in [4.69, 9.17) is 27.9 Å². The van der Waals surface area contributed by atoms with Crippen molar-refractivity contribution in [3.05, 3.63) is 43.4 Å². The van der Waals surface area contributed by atoms with E-state index in [-0.39, 0.29) is 31.7 Å². The first-order chi connectivity index (χ1) is 9.01. The Hall–Kier alpha value is -1.70. The molecule has 0 spiro atoms. The summed E-state index contributed by atoms with van der Waals surface area (Å²) in [6, 6.07) is 3.75. The number of nitrogens with zero attached hydrogens (tertiary/aromatic N) is 2. The summed E-state index contributed by atoms with van der Waals surface area (Å²) >= 11 is 12.5. The maximum atomic E-state index is 10.6. The molecule has 98 valence electrons. The average Bonchev–Trinajstić information content (AvgIpc) is 2.72. The molecule has 0 radical (unpaired) electrons. The zero-order valence-corrected chi connectivity index (χ0v) is 11.3. The third-order valence-corrected chi connectivity index (χ3v) is 3.57. The van der Waals surface area contributed by atoms with Gasteiger partial charge in [-0.1, -0.05) is 34.5 Å². The maximum absolute atomic E-state index is 10.6. The summed E-state index contributed by atoms with van der Waals surface area (Å²) in [4.78, 5) is 24.6. The van der Waals surface area contributed by atoms with Crippen LogP contribution in [-0.2, 0) is 0 Å². The molecule has 2 rings (SSSR count). The van der Waals surface area contributed by atoms with Crippen LogP contribution in [0.5, 0.6) is 10.9 Å². The van der Waals surface area contributed by atoms with Crippen LogP contribution in [0.1, 0.15) is 9.67 Å². The van der Waals surface area contributed by atoms with E-state index in [9.17, 15) is 14.9 Å². The number of halogens is 2. The standard InChI is InChI=1S/C10H4Cl2N2O4S/c11-6-3-5(14(16)17)1-2-7(6)18-10-13-9(12)8(4-15)19-10/h1-4H. The summed E-state index contributed by atoms with van der Waals surface area (Å²) in [7, 11) is 0. The summed E-state index contributed by atoms with van der Waals surface area (Å²) in [5, 5.41) is 10.8. The number of aromatic nitrogens is 1. The molecule has 0 aliphatic heterocycles. The molecular formula is C10H4Cl2N2O4S. The Morgan fingerprint density at radius 3 is 2.68 bits per heavy atom. The number of thiazole rings is 1. The lowest BCUT2D eigenvalue weighted by Gasteiger charge is -2.03. The first-order valence-electron chi connectivity index (χ1n) is 4.74. The molecule has 1 aromatic heterocycles. The fourth-order valence-corrected chi connectivity index (χ4v) is 2.33. The van der Waals surface area contributed by atoms with Crippen LogP contribution in [-0.4, -0.2) is 16.2 Å². The van der Waals surface area contributed by atoms with E-state index < -0.39 is 4.92 Å². The molecule has 0 saturated carbocycles. The van der Waals surface area contributed by atoms with Crippen LogP contribution in [0.2, 0.25) is 10.2 Å². The third kappa shape index (κ3) is 3.01. The van der Waals surface area contributed by atoms with Crippen molar-refractivity contribution < 1.29 is 14.5 Å². The zero-order valence-electron chi connectivity index (χ0n) is 9.00. The number of aldehydes is 1. The van der Waals surface area contributed by atoms with Crippen molar-refractivity contribution in [1.29, 1.82) is 0 Å². The summed E-state index contributed by atoms with van der Waals surface area (Å²) in [6.07, 6.45) is 0.560. The highest BCUT2D eigenvalue weighted by Crippen LogP contribution is 2.35. The van der Waals surface area contributed by atoms with Gasteiger partial charge < -0.3 is 4.74 Å². The van der Waals surface area contributed by atoms with E-state index in [1.807, 2.05) is 0 Å². The predicted octanol–water partition coefficient (Wildman–Crippen LogP) is 3.96. The van der Waals surface area contributed by atoms with E-state index >= 15 is 0 Å². The topological polar surface area (TPSA) is 82.3 Å². The number of hydrogen-bond acceptors (Lipinski definition) is 6. The van der Waals surface area contributed by atoms with Gasteiger partial charge in [-0.25, -0.2) is 0 Å². The van der Waals surface area contributed by atoms with Crippen LogP contribution >= 0.6 is 34.5 Å². The van der Waals surface area contributed by atoms with Gasteiger partial charge in [0.05, 0.1) is 9.95 Å². The maximum Gasteiger partial charge on any atom is 0.280 e. The second-order valence-electron chi connectivity index (χ2n) is 3.23. The van der Waals surface area contributed by atoms with Gasteiger partial charge in [-0.2, -0.15) is 4.98 Å². The second-order valence-corrected chi connectivity index (χ2v) is 4.98. The van der Waals surface area contributed by atoms with Crippen molar-refractivity contribution in [1.82, 2.24) is 4.98 Å². The lowest BCUT2D eigenvalue weighted by atomic mass is 10.3. The fourth-order valence-electron chi connectivity index (χ4n) is 1.19. The molecule has 19 heavy (non-hydrogen) atoms. The highest BCUT2D eigenvalue weighted by Gasteiger charge is 2.14. The van der Waals surface area contributed by atoms with Crippen LogP contribution in [0, 0.1) is 10.1 Å². The molecule has 0 saturated heterocycles. The molecule has 0 N–H and O–H groups in total. The monoisotopic (exact) mass is 318 g/mol. The summed E-state index contributed by atoms with van der Waals surface area (Å²) in [6.45, 7) is 0. The van der Waals surface area contributed by atoms with E-state index in [1.165, 1.54) is 12.1 Å². The van der Waals surface area contributed by atoms with Crippen molar-refractivity contribution in [2.45, 2.75) is 0 Å². The summed E-state index contributed by atoms with van der Waals surface area (Å²) < 4.78 is 5.32. The Bertz CT molecular complexity index is 659. The zero-order chi connectivity index (χ0) is 14.0. The van der Waals surface area contributed by atoms with Gasteiger partial charge in [-0.05, 0) is 6.07 Å². The number of benzene rings is 1. The quantitative estimate of drug-likeness (QED) is 0.484. The Kier molecular flexibility index (Phi) is 3.98. The number of carbonyl (C=O) groups is 1. The van der Waals surface area contributed by atoms with Gasteiger partial charge >= 0.3 is 0 Å². The Morgan fingerprint density at radius 1 is 1.42 bits per heavy atom. The molecule has 0 atom stereocenters. The minimum absolute atomic E-state index is 0.0352. The first kappa shape index (κ1) is 13.7. The minimum atomic E-state index is -0.569. The number of carbonyl (C=O) groups excluding carboxylic acids is 1. The minimum Gasteiger partial charge on any atom is -0.429 e. The molecule has 2 aromatic rings. The van der Waals surface area contributed by atoms with E-state index in [0.717, 1.165) is 17.4 Å². The van der Waals surface area contributed by atoms with Crippen molar-refractivity contribution in [2.75, 3.05) is 0 Å². The lowest BCUT2D eigenvalue weighted by molar-refractivity contribution is -0.384. The smallest absolute Gasteiger partial charge is 0.280 e. The molecule has 9 heteroatoms. The van der Waals surface area contributed by atoms with Crippen molar-refractivity contribution in [2.24, 2.45) is 0 Å². The number of rotatable bonds is 4. The second kappa shape index (κ2) is 5.52. The molecule has 0 fully saturated rings. The van der Waals surface area contributed by atoms with Gasteiger partial charge in [0.25, 0.3) is 10.9 Å². The SMILES string of the molecule is O=Cc1sc(Oc2ccc([N+](=O)[O-])cc2Cl)nc1Cl. The van der Waals surface area contributed by atoms with Crippen LogP contribution in [0.25, 0.3) is 0 Å². The number of non-ortho nitro benzene ring substituents is 1. The van der Waals surface area contributed by atoms with Crippen molar-refractivity contribution >= 4 is 46.5 Å². The number of nitro benzene ring substituents is 1. The van der Waals surface area contributed by atoms with Crippen LogP contribution < -0.4 is 4.74 Å². The van der Waals surface area contributed by atoms with Gasteiger partial charge in [-0.3, -0.25) is 14.9 Å². The highest BCUT2D eigenvalue weighted by atomic mass is 35.5. The molecule has 6 nitrogen and oxygen atoms in total. The first-order valence-corrected chi connectivity index (χ1v) is 6.32. The molecule has 1 heterocycles. The molecule has 0 bridgehead atoms. The lowest BCUT2D eigenvalue weighted by Crippen LogP contribution is -1.89. The highest BCUT2D eigenvalue weighted by molar-refractivity contribution is 7.15. The molecular weight excluding hydrogens is 315 g/mol. The third-order valence-electron chi connectivity index (χ3n) is 2.02. The van der Waals surface area contributed by atoms with Crippen LogP contribution in [0.3, 0.4) is 0 Å². The summed E-state index contributed by atoms with van der Waals surface area (Å²) in [5.74, 6) is 0.190. The van der Waals surface area contributed by atoms with Gasteiger partial charge in [0.15, 0.2) is 11.4 Å². The Labute approximate surface area is 120 Å². The molecule has 0 unspecified atom stereocenters. The van der Waals surface area contributed by atoms with Crippen molar-refractivity contribution in [3.63, 3.8) is 0 Å². The largest absolute Gasteiger partial charge is 0.429 e.